The van der Waals surface area contributed by atoms with Gasteiger partial charge in [-0.05, 0) is 51.1 Å². The molecule has 0 bridgehead atoms. The molecule has 3 heteroatoms. The fraction of sp³-hybridized carbons (Fsp3) is 0.389. The molecule has 0 aliphatic carbocycles. The second kappa shape index (κ2) is 6.72. The summed E-state index contributed by atoms with van der Waals surface area (Å²) >= 11 is 0. The molecule has 0 fully saturated rings. The molecule has 0 saturated carbocycles. The van der Waals surface area contributed by atoms with Gasteiger partial charge in [-0.15, -0.1) is 0 Å². The number of hydrogen-bond acceptors (Lipinski definition) is 3. The number of aromatic nitrogens is 1. The fourth-order valence-corrected chi connectivity index (χ4v) is 2.68. The van der Waals surface area contributed by atoms with Crippen molar-refractivity contribution < 1.29 is 0 Å². The summed E-state index contributed by atoms with van der Waals surface area (Å²) in [6, 6.07) is 11.1. The van der Waals surface area contributed by atoms with Crippen molar-refractivity contribution in [3.63, 3.8) is 0 Å². The molecular weight excluding hydrogens is 258 g/mol. The van der Waals surface area contributed by atoms with Gasteiger partial charge in [0.15, 0.2) is 0 Å². The molecule has 2 aromatic rings. The van der Waals surface area contributed by atoms with E-state index in [0.29, 0.717) is 6.04 Å². The SMILES string of the molecule is CCC(NC)c1ccc(N(C)c2ccc(C)cc2C)cn1. The van der Waals surface area contributed by atoms with Crippen LogP contribution in [0.15, 0.2) is 36.5 Å². The molecular formula is C18H25N3. The van der Waals surface area contributed by atoms with Gasteiger partial charge in [0.25, 0.3) is 0 Å². The maximum atomic E-state index is 4.61. The molecule has 0 radical (unpaired) electrons. The van der Waals surface area contributed by atoms with Crippen LogP contribution in [0.3, 0.4) is 0 Å². The zero-order valence-electron chi connectivity index (χ0n) is 13.6. The van der Waals surface area contributed by atoms with Crippen molar-refractivity contribution in [2.24, 2.45) is 0 Å². The number of nitrogens with zero attached hydrogens (tertiary/aromatic N) is 2. The Morgan fingerprint density at radius 2 is 1.95 bits per heavy atom. The van der Waals surface area contributed by atoms with Crippen molar-refractivity contribution in [1.82, 2.24) is 10.3 Å². The summed E-state index contributed by atoms with van der Waals surface area (Å²) in [5.74, 6) is 0. The van der Waals surface area contributed by atoms with Gasteiger partial charge in [-0.3, -0.25) is 4.98 Å². The highest BCUT2D eigenvalue weighted by molar-refractivity contribution is 5.65. The van der Waals surface area contributed by atoms with Gasteiger partial charge in [-0.2, -0.15) is 0 Å². The molecule has 1 atom stereocenters. The van der Waals surface area contributed by atoms with E-state index < -0.39 is 0 Å². The standard InChI is InChI=1S/C18H25N3/c1-6-16(19-4)17-9-8-15(12-20-17)21(5)18-10-7-13(2)11-14(18)3/h7-12,16,19H,6H2,1-5H3. The summed E-state index contributed by atoms with van der Waals surface area (Å²) in [5.41, 5.74) is 5.99. The Balaban J connectivity index is 2.25. The van der Waals surface area contributed by atoms with E-state index in [0.717, 1.165) is 17.8 Å². The summed E-state index contributed by atoms with van der Waals surface area (Å²) in [5, 5.41) is 3.29. The van der Waals surface area contributed by atoms with E-state index in [9.17, 15) is 0 Å². The number of benzene rings is 1. The largest absolute Gasteiger partial charge is 0.343 e. The van der Waals surface area contributed by atoms with Gasteiger partial charge in [-0.1, -0.05) is 24.6 Å². The first-order chi connectivity index (χ1) is 10.1. The molecule has 2 rings (SSSR count). The zero-order valence-corrected chi connectivity index (χ0v) is 13.6. The first-order valence-corrected chi connectivity index (χ1v) is 7.51. The maximum absolute atomic E-state index is 4.61. The van der Waals surface area contributed by atoms with Crippen LogP contribution in [0.5, 0.6) is 0 Å². The van der Waals surface area contributed by atoms with Gasteiger partial charge in [0.05, 0.1) is 17.6 Å². The van der Waals surface area contributed by atoms with Crippen molar-refractivity contribution in [2.75, 3.05) is 19.0 Å². The van der Waals surface area contributed by atoms with Crippen LogP contribution < -0.4 is 10.2 Å². The lowest BCUT2D eigenvalue weighted by molar-refractivity contribution is 0.562. The number of anilines is 2. The predicted octanol–water partition coefficient (Wildman–Crippen LogP) is 4.14. The molecule has 1 aromatic heterocycles. The minimum atomic E-state index is 0.325. The van der Waals surface area contributed by atoms with E-state index in [2.05, 4.69) is 73.4 Å². The van der Waals surface area contributed by atoms with Gasteiger partial charge in [0.1, 0.15) is 0 Å². The molecule has 0 amide bonds. The summed E-state index contributed by atoms with van der Waals surface area (Å²) in [7, 11) is 4.06. The molecule has 1 N–H and O–H groups in total. The normalized spacial score (nSPS) is 12.2. The quantitative estimate of drug-likeness (QED) is 0.894. The molecule has 0 aliphatic heterocycles. The van der Waals surface area contributed by atoms with Gasteiger partial charge >= 0.3 is 0 Å². The van der Waals surface area contributed by atoms with E-state index in [4.69, 9.17) is 0 Å². The van der Waals surface area contributed by atoms with Crippen molar-refractivity contribution >= 4 is 11.4 Å². The lowest BCUT2D eigenvalue weighted by atomic mass is 10.1. The molecule has 21 heavy (non-hydrogen) atoms. The van der Waals surface area contributed by atoms with E-state index in [1.807, 2.05) is 13.2 Å². The smallest absolute Gasteiger partial charge is 0.0594 e. The average molecular weight is 283 g/mol. The summed E-state index contributed by atoms with van der Waals surface area (Å²) < 4.78 is 0. The third-order valence-corrected chi connectivity index (χ3v) is 3.99. The van der Waals surface area contributed by atoms with Crippen LogP contribution in [0.2, 0.25) is 0 Å². The Kier molecular flexibility index (Phi) is 4.97. The topological polar surface area (TPSA) is 28.2 Å². The first-order valence-electron chi connectivity index (χ1n) is 7.51. The van der Waals surface area contributed by atoms with Crippen molar-refractivity contribution in [3.05, 3.63) is 53.3 Å². The van der Waals surface area contributed by atoms with E-state index in [1.54, 1.807) is 0 Å². The lowest BCUT2D eigenvalue weighted by Crippen LogP contribution is -2.17. The Bertz CT molecular complexity index is 586. The van der Waals surface area contributed by atoms with Crippen molar-refractivity contribution in [2.45, 2.75) is 33.2 Å². The molecule has 0 spiro atoms. The summed E-state index contributed by atoms with van der Waals surface area (Å²) in [4.78, 5) is 6.80. The Morgan fingerprint density at radius 1 is 1.19 bits per heavy atom. The van der Waals surface area contributed by atoms with Crippen LogP contribution in [0.25, 0.3) is 0 Å². The Hall–Kier alpha value is -1.87. The third kappa shape index (κ3) is 3.42. The second-order valence-electron chi connectivity index (χ2n) is 5.54. The number of hydrogen-bond donors (Lipinski definition) is 1. The highest BCUT2D eigenvalue weighted by atomic mass is 15.1. The lowest BCUT2D eigenvalue weighted by Gasteiger charge is -2.22. The molecule has 0 saturated heterocycles. The predicted molar refractivity (Wildman–Crippen MR) is 90.3 cm³/mol. The minimum Gasteiger partial charge on any atom is -0.343 e. The Morgan fingerprint density at radius 3 is 2.48 bits per heavy atom. The summed E-state index contributed by atoms with van der Waals surface area (Å²) in [6.45, 7) is 6.43. The van der Waals surface area contributed by atoms with Gasteiger partial charge < -0.3 is 10.2 Å². The van der Waals surface area contributed by atoms with E-state index >= 15 is 0 Å². The third-order valence-electron chi connectivity index (χ3n) is 3.99. The van der Waals surface area contributed by atoms with Crippen LogP contribution in [0, 0.1) is 13.8 Å². The highest BCUT2D eigenvalue weighted by Crippen LogP contribution is 2.27. The first kappa shape index (κ1) is 15.5. The zero-order chi connectivity index (χ0) is 15.4. The number of nitrogens with one attached hydrogen (secondary N) is 1. The highest BCUT2D eigenvalue weighted by Gasteiger charge is 2.10. The van der Waals surface area contributed by atoms with Gasteiger partial charge in [0, 0.05) is 18.8 Å². The molecule has 1 unspecified atom stereocenters. The van der Waals surface area contributed by atoms with Crippen LogP contribution >= 0.6 is 0 Å². The second-order valence-corrected chi connectivity index (χ2v) is 5.54. The van der Waals surface area contributed by atoms with Crippen LogP contribution in [0.4, 0.5) is 11.4 Å². The van der Waals surface area contributed by atoms with Gasteiger partial charge in [0.2, 0.25) is 0 Å². The summed E-state index contributed by atoms with van der Waals surface area (Å²) in [6.07, 6.45) is 2.99. The van der Waals surface area contributed by atoms with E-state index in [-0.39, 0.29) is 0 Å². The van der Waals surface area contributed by atoms with Crippen LogP contribution in [0.1, 0.15) is 36.2 Å². The van der Waals surface area contributed by atoms with Crippen LogP contribution in [-0.4, -0.2) is 19.1 Å². The number of aryl methyl sites for hydroxylation is 2. The number of pyridine rings is 1. The molecule has 1 aromatic carbocycles. The average Bonchev–Trinajstić information content (AvgIpc) is 2.48. The van der Waals surface area contributed by atoms with Crippen LogP contribution in [-0.2, 0) is 0 Å². The minimum absolute atomic E-state index is 0.325. The monoisotopic (exact) mass is 283 g/mol. The molecule has 1 heterocycles. The Labute approximate surface area is 128 Å². The fourth-order valence-electron chi connectivity index (χ4n) is 2.68. The maximum Gasteiger partial charge on any atom is 0.0594 e. The van der Waals surface area contributed by atoms with Crippen molar-refractivity contribution in [1.29, 1.82) is 0 Å². The molecule has 3 nitrogen and oxygen atoms in total. The van der Waals surface area contributed by atoms with Gasteiger partial charge in [-0.25, -0.2) is 0 Å². The van der Waals surface area contributed by atoms with Crippen molar-refractivity contribution in [3.8, 4) is 0 Å². The molecule has 0 aliphatic rings. The van der Waals surface area contributed by atoms with E-state index in [1.165, 1.54) is 16.8 Å². The number of rotatable bonds is 5. The molecule has 112 valence electrons.